The van der Waals surface area contributed by atoms with E-state index in [1.807, 2.05) is 40.1 Å². The first-order valence-corrected chi connectivity index (χ1v) is 6.57. The SMILES string of the molecule is CC.Cc1cc(F)c(C)c(F)c1.Cc1cnc(C)nc1. The van der Waals surface area contributed by atoms with Gasteiger partial charge in [0.2, 0.25) is 0 Å². The number of hydrogen-bond donors (Lipinski definition) is 0. The topological polar surface area (TPSA) is 25.8 Å². The summed E-state index contributed by atoms with van der Waals surface area (Å²) in [6, 6.07) is 2.64. The van der Waals surface area contributed by atoms with Gasteiger partial charge in [-0.2, -0.15) is 0 Å². The molecule has 4 heteroatoms. The molecule has 0 N–H and O–H groups in total. The minimum atomic E-state index is -0.475. The predicted molar refractivity (Wildman–Crippen MR) is 78.7 cm³/mol. The van der Waals surface area contributed by atoms with Crippen LogP contribution in [-0.2, 0) is 0 Å². The lowest BCUT2D eigenvalue weighted by Crippen LogP contribution is -1.88. The molecule has 0 saturated carbocycles. The minimum Gasteiger partial charge on any atom is -0.241 e. The molecule has 0 saturated heterocycles. The van der Waals surface area contributed by atoms with Gasteiger partial charge in [0.1, 0.15) is 17.5 Å². The van der Waals surface area contributed by atoms with Crippen molar-refractivity contribution >= 4 is 0 Å². The second-order valence-electron chi connectivity index (χ2n) is 4.16. The molecule has 2 rings (SSSR count). The van der Waals surface area contributed by atoms with Crippen LogP contribution in [-0.4, -0.2) is 9.97 Å². The molecule has 1 aromatic heterocycles. The van der Waals surface area contributed by atoms with Gasteiger partial charge in [-0.15, -0.1) is 0 Å². The van der Waals surface area contributed by atoms with E-state index in [0.717, 1.165) is 11.4 Å². The van der Waals surface area contributed by atoms with E-state index < -0.39 is 11.6 Å². The van der Waals surface area contributed by atoms with E-state index >= 15 is 0 Å². The van der Waals surface area contributed by atoms with Gasteiger partial charge in [0, 0.05) is 18.0 Å². The molecule has 20 heavy (non-hydrogen) atoms. The van der Waals surface area contributed by atoms with E-state index in [0.29, 0.717) is 5.56 Å². The predicted octanol–water partition coefficient (Wildman–Crippen LogP) is 4.70. The van der Waals surface area contributed by atoms with Crippen molar-refractivity contribution in [2.24, 2.45) is 0 Å². The minimum absolute atomic E-state index is 0.0885. The standard InChI is InChI=1S/C8H8F2.C6H8N2.C2H6/c1-5-3-7(9)6(2)8(10)4-5;1-5-3-7-6(2)8-4-5;1-2/h3-4H,1-2H3;3-4H,1-2H3;1-2H3. The molecule has 0 bridgehead atoms. The maximum absolute atomic E-state index is 12.6. The Morgan fingerprint density at radius 1 is 0.750 bits per heavy atom. The summed E-state index contributed by atoms with van der Waals surface area (Å²) in [5.41, 5.74) is 1.81. The second-order valence-corrected chi connectivity index (χ2v) is 4.16. The Hall–Kier alpha value is -1.84. The van der Waals surface area contributed by atoms with Crippen LogP contribution >= 0.6 is 0 Å². The van der Waals surface area contributed by atoms with Crippen molar-refractivity contribution in [2.45, 2.75) is 41.5 Å². The Morgan fingerprint density at radius 3 is 1.50 bits per heavy atom. The highest BCUT2D eigenvalue weighted by molar-refractivity contribution is 5.23. The van der Waals surface area contributed by atoms with Crippen molar-refractivity contribution in [1.82, 2.24) is 9.97 Å². The van der Waals surface area contributed by atoms with Gasteiger partial charge in [0.25, 0.3) is 0 Å². The van der Waals surface area contributed by atoms with Gasteiger partial charge in [-0.1, -0.05) is 13.8 Å². The molecule has 2 aromatic rings. The van der Waals surface area contributed by atoms with Gasteiger partial charge in [-0.3, -0.25) is 0 Å². The monoisotopic (exact) mass is 280 g/mol. The smallest absolute Gasteiger partial charge is 0.129 e. The van der Waals surface area contributed by atoms with E-state index in [9.17, 15) is 8.78 Å². The summed E-state index contributed by atoms with van der Waals surface area (Å²) in [5.74, 6) is -0.120. The Bertz CT molecular complexity index is 478. The van der Waals surface area contributed by atoms with Crippen molar-refractivity contribution in [1.29, 1.82) is 0 Å². The van der Waals surface area contributed by atoms with Crippen molar-refractivity contribution in [3.05, 3.63) is 58.7 Å². The third-order valence-electron chi connectivity index (χ3n) is 2.34. The first-order chi connectivity index (χ1) is 9.40. The van der Waals surface area contributed by atoms with Gasteiger partial charge >= 0.3 is 0 Å². The van der Waals surface area contributed by atoms with E-state index in [1.165, 1.54) is 19.1 Å². The molecule has 0 fully saturated rings. The summed E-state index contributed by atoms with van der Waals surface area (Å²) in [6.45, 7) is 10.9. The molecule has 110 valence electrons. The normalized spacial score (nSPS) is 9.00. The number of halogens is 2. The second kappa shape index (κ2) is 9.13. The summed E-state index contributed by atoms with van der Waals surface area (Å²) >= 11 is 0. The molecule has 0 amide bonds. The van der Waals surface area contributed by atoms with Gasteiger partial charge < -0.3 is 0 Å². The number of rotatable bonds is 0. The molecule has 0 unspecified atom stereocenters. The van der Waals surface area contributed by atoms with E-state index in [4.69, 9.17) is 0 Å². The summed E-state index contributed by atoms with van der Waals surface area (Å²) in [5, 5.41) is 0. The van der Waals surface area contributed by atoms with Gasteiger partial charge in [0.05, 0.1) is 0 Å². The summed E-state index contributed by atoms with van der Waals surface area (Å²) in [4.78, 5) is 7.94. The fourth-order valence-electron chi connectivity index (χ4n) is 1.23. The quantitative estimate of drug-likeness (QED) is 0.699. The van der Waals surface area contributed by atoms with Crippen molar-refractivity contribution in [3.8, 4) is 0 Å². The van der Waals surface area contributed by atoms with Gasteiger partial charge in [-0.05, 0) is 51.0 Å². The van der Waals surface area contributed by atoms with Crippen LogP contribution in [0, 0.1) is 39.3 Å². The maximum Gasteiger partial charge on any atom is 0.129 e. The molecule has 1 aromatic carbocycles. The highest BCUT2D eigenvalue weighted by Crippen LogP contribution is 2.12. The number of hydrogen-bond acceptors (Lipinski definition) is 2. The Labute approximate surface area is 119 Å². The largest absolute Gasteiger partial charge is 0.241 e. The van der Waals surface area contributed by atoms with Crippen LogP contribution < -0.4 is 0 Å². The van der Waals surface area contributed by atoms with Crippen LogP contribution in [0.4, 0.5) is 8.78 Å². The lowest BCUT2D eigenvalue weighted by Gasteiger charge is -1.98. The first-order valence-electron chi connectivity index (χ1n) is 6.57. The molecule has 0 aliphatic carbocycles. The zero-order chi connectivity index (χ0) is 15.7. The van der Waals surface area contributed by atoms with Crippen LogP contribution in [0.15, 0.2) is 24.5 Å². The molecule has 0 aliphatic heterocycles. The van der Waals surface area contributed by atoms with Crippen molar-refractivity contribution in [3.63, 3.8) is 0 Å². The fourth-order valence-corrected chi connectivity index (χ4v) is 1.23. The number of benzene rings is 1. The average molecular weight is 280 g/mol. The van der Waals surface area contributed by atoms with Crippen LogP contribution in [0.3, 0.4) is 0 Å². The maximum atomic E-state index is 12.6. The summed E-state index contributed by atoms with van der Waals surface area (Å²) in [7, 11) is 0. The number of aryl methyl sites for hydroxylation is 3. The third-order valence-corrected chi connectivity index (χ3v) is 2.34. The van der Waals surface area contributed by atoms with Gasteiger partial charge in [0.15, 0.2) is 0 Å². The lowest BCUT2D eigenvalue weighted by molar-refractivity contribution is 0.566. The number of nitrogens with zero attached hydrogens (tertiary/aromatic N) is 2. The highest BCUT2D eigenvalue weighted by atomic mass is 19.1. The third kappa shape index (κ3) is 6.36. The molecular weight excluding hydrogens is 258 g/mol. The highest BCUT2D eigenvalue weighted by Gasteiger charge is 2.02. The van der Waals surface area contributed by atoms with Crippen LogP contribution in [0.1, 0.15) is 36.4 Å². The zero-order valence-electron chi connectivity index (χ0n) is 13.0. The molecule has 0 spiro atoms. The molecule has 2 nitrogen and oxygen atoms in total. The van der Waals surface area contributed by atoms with Crippen LogP contribution in [0.25, 0.3) is 0 Å². The zero-order valence-corrected chi connectivity index (χ0v) is 13.0. The lowest BCUT2D eigenvalue weighted by atomic mass is 10.1. The first kappa shape index (κ1) is 18.2. The molecule has 0 radical (unpaired) electrons. The molecule has 0 atom stereocenters. The van der Waals surface area contributed by atoms with E-state index in [-0.39, 0.29) is 5.56 Å². The molecular formula is C16H22F2N2. The Morgan fingerprint density at radius 2 is 1.15 bits per heavy atom. The molecule has 1 heterocycles. The van der Waals surface area contributed by atoms with Gasteiger partial charge in [-0.25, -0.2) is 18.7 Å². The summed E-state index contributed by atoms with van der Waals surface area (Å²) in [6.07, 6.45) is 3.62. The number of aromatic nitrogens is 2. The summed E-state index contributed by atoms with van der Waals surface area (Å²) < 4.78 is 25.2. The fraction of sp³-hybridized carbons (Fsp3) is 0.375. The van der Waals surface area contributed by atoms with E-state index in [1.54, 1.807) is 6.92 Å². The Balaban J connectivity index is 0.000000327. The van der Waals surface area contributed by atoms with Crippen LogP contribution in [0.2, 0.25) is 0 Å². The molecule has 0 aliphatic rings. The van der Waals surface area contributed by atoms with Crippen molar-refractivity contribution < 1.29 is 8.78 Å². The van der Waals surface area contributed by atoms with Crippen molar-refractivity contribution in [2.75, 3.05) is 0 Å². The Kier molecular flexibility index (Phi) is 8.29. The van der Waals surface area contributed by atoms with Crippen LogP contribution in [0.5, 0.6) is 0 Å². The van der Waals surface area contributed by atoms with E-state index in [2.05, 4.69) is 9.97 Å². The average Bonchev–Trinajstić information content (AvgIpc) is 2.42.